The molecule has 18 heavy (non-hydrogen) atoms. The third kappa shape index (κ3) is 3.21. The van der Waals surface area contributed by atoms with Crippen molar-refractivity contribution in [1.82, 2.24) is 4.98 Å². The van der Waals surface area contributed by atoms with Gasteiger partial charge in [0.2, 0.25) is 0 Å². The maximum atomic E-state index is 8.75. The highest BCUT2D eigenvalue weighted by atomic mass is 16.5. The van der Waals surface area contributed by atoms with Crippen molar-refractivity contribution >= 4 is 5.82 Å². The maximum absolute atomic E-state index is 8.75. The van der Waals surface area contributed by atoms with E-state index in [4.69, 9.17) is 10.00 Å². The normalized spacial score (nSPS) is 19.6. The summed E-state index contributed by atoms with van der Waals surface area (Å²) in [5.41, 5.74) is 0.606. The van der Waals surface area contributed by atoms with Gasteiger partial charge in [0, 0.05) is 25.9 Å². The van der Waals surface area contributed by atoms with Crippen LogP contribution >= 0.6 is 0 Å². The van der Waals surface area contributed by atoms with E-state index >= 15 is 0 Å². The van der Waals surface area contributed by atoms with E-state index in [0.717, 1.165) is 44.8 Å². The predicted molar refractivity (Wildman–Crippen MR) is 70.4 cm³/mol. The average molecular weight is 245 g/mol. The second-order valence-corrected chi connectivity index (χ2v) is 4.60. The Bertz CT molecular complexity index is 410. The van der Waals surface area contributed by atoms with Crippen molar-refractivity contribution in [2.75, 3.05) is 24.6 Å². The summed E-state index contributed by atoms with van der Waals surface area (Å²) in [5.74, 6) is 0.943. The Morgan fingerprint density at radius 3 is 3.11 bits per heavy atom. The lowest BCUT2D eigenvalue weighted by molar-refractivity contribution is 0.0439. The summed E-state index contributed by atoms with van der Waals surface area (Å²) in [6.45, 7) is 4.88. The molecule has 96 valence electrons. The summed E-state index contributed by atoms with van der Waals surface area (Å²) in [4.78, 5) is 6.58. The Morgan fingerprint density at radius 1 is 1.56 bits per heavy atom. The molecule has 0 amide bonds. The van der Waals surface area contributed by atoms with Crippen LogP contribution in [0.5, 0.6) is 0 Å². The minimum Gasteiger partial charge on any atom is -0.376 e. The van der Waals surface area contributed by atoms with E-state index in [1.807, 2.05) is 12.1 Å². The van der Waals surface area contributed by atoms with Crippen molar-refractivity contribution in [2.24, 2.45) is 0 Å². The van der Waals surface area contributed by atoms with Crippen LogP contribution in [0.15, 0.2) is 18.3 Å². The molecule has 0 radical (unpaired) electrons. The van der Waals surface area contributed by atoms with Gasteiger partial charge in [0.1, 0.15) is 11.9 Å². The molecule has 0 aliphatic carbocycles. The van der Waals surface area contributed by atoms with Crippen LogP contribution in [-0.2, 0) is 4.74 Å². The van der Waals surface area contributed by atoms with Crippen molar-refractivity contribution in [2.45, 2.75) is 32.3 Å². The number of nitriles is 1. The molecule has 1 aliphatic heterocycles. The second kappa shape index (κ2) is 6.36. The molecule has 0 spiro atoms. The van der Waals surface area contributed by atoms with Crippen molar-refractivity contribution in [3.05, 3.63) is 23.9 Å². The van der Waals surface area contributed by atoms with Crippen molar-refractivity contribution in [3.63, 3.8) is 0 Å². The quantitative estimate of drug-likeness (QED) is 0.817. The molecule has 1 aromatic rings. The average Bonchev–Trinajstić information content (AvgIpc) is 2.45. The van der Waals surface area contributed by atoms with Crippen molar-refractivity contribution in [1.29, 1.82) is 5.26 Å². The minimum atomic E-state index is 0.316. The first-order chi connectivity index (χ1) is 8.83. The van der Waals surface area contributed by atoms with Gasteiger partial charge in [0.05, 0.1) is 11.7 Å². The van der Waals surface area contributed by atoms with E-state index in [1.54, 1.807) is 6.20 Å². The molecule has 0 saturated carbocycles. The Kier molecular flexibility index (Phi) is 4.54. The van der Waals surface area contributed by atoms with Crippen LogP contribution < -0.4 is 4.90 Å². The van der Waals surface area contributed by atoms with E-state index in [0.29, 0.717) is 11.7 Å². The number of nitrogens with zero attached hydrogens (tertiary/aromatic N) is 3. The third-order valence-corrected chi connectivity index (χ3v) is 3.14. The van der Waals surface area contributed by atoms with Gasteiger partial charge in [-0.05, 0) is 31.4 Å². The van der Waals surface area contributed by atoms with E-state index in [1.165, 1.54) is 0 Å². The van der Waals surface area contributed by atoms with Crippen molar-refractivity contribution < 1.29 is 4.74 Å². The van der Waals surface area contributed by atoms with Crippen LogP contribution in [0.4, 0.5) is 5.82 Å². The van der Waals surface area contributed by atoms with Crippen LogP contribution in [0, 0.1) is 11.3 Å². The number of pyridine rings is 1. The molecule has 2 rings (SSSR count). The highest BCUT2D eigenvalue weighted by Crippen LogP contribution is 2.19. The number of aromatic nitrogens is 1. The van der Waals surface area contributed by atoms with Crippen LogP contribution in [-0.4, -0.2) is 30.8 Å². The van der Waals surface area contributed by atoms with Gasteiger partial charge in [-0.25, -0.2) is 4.98 Å². The van der Waals surface area contributed by atoms with Gasteiger partial charge in [-0.15, -0.1) is 0 Å². The van der Waals surface area contributed by atoms with Gasteiger partial charge < -0.3 is 9.64 Å². The second-order valence-electron chi connectivity index (χ2n) is 4.60. The van der Waals surface area contributed by atoms with E-state index in [2.05, 4.69) is 22.9 Å². The largest absolute Gasteiger partial charge is 0.376 e. The predicted octanol–water partition coefficient (Wildman–Crippen LogP) is 2.35. The highest BCUT2D eigenvalue weighted by Gasteiger charge is 2.21. The molecular formula is C14H19N3O. The Labute approximate surface area is 108 Å². The molecule has 0 N–H and O–H groups in total. The molecular weight excluding hydrogens is 226 g/mol. The van der Waals surface area contributed by atoms with Crippen LogP contribution in [0.2, 0.25) is 0 Å². The van der Waals surface area contributed by atoms with Gasteiger partial charge in [0.25, 0.3) is 0 Å². The number of hydrogen-bond acceptors (Lipinski definition) is 4. The van der Waals surface area contributed by atoms with Gasteiger partial charge in [0.15, 0.2) is 0 Å². The lowest BCUT2D eigenvalue weighted by Crippen LogP contribution is -2.40. The summed E-state index contributed by atoms with van der Waals surface area (Å²) >= 11 is 0. The standard InChI is InChI=1S/C14H19N3O/c1-2-8-18-13-4-3-7-17(11-13)14-6-5-12(9-15)10-16-14/h5-6,10,13H,2-4,7-8,11H2,1H3. The molecule has 4 nitrogen and oxygen atoms in total. The number of anilines is 1. The molecule has 2 heterocycles. The maximum Gasteiger partial charge on any atom is 0.128 e. The first-order valence-corrected chi connectivity index (χ1v) is 6.56. The Hall–Kier alpha value is -1.60. The molecule has 1 saturated heterocycles. The molecule has 1 fully saturated rings. The summed E-state index contributed by atoms with van der Waals surface area (Å²) in [5, 5.41) is 8.75. The van der Waals surface area contributed by atoms with E-state index in [9.17, 15) is 0 Å². The number of rotatable bonds is 4. The first-order valence-electron chi connectivity index (χ1n) is 6.56. The lowest BCUT2D eigenvalue weighted by atomic mass is 10.1. The molecule has 1 atom stereocenters. The van der Waals surface area contributed by atoms with E-state index in [-0.39, 0.29) is 0 Å². The summed E-state index contributed by atoms with van der Waals surface area (Å²) in [6.07, 6.45) is 5.27. The monoisotopic (exact) mass is 245 g/mol. The van der Waals surface area contributed by atoms with Crippen molar-refractivity contribution in [3.8, 4) is 6.07 Å². The van der Waals surface area contributed by atoms with E-state index < -0.39 is 0 Å². The van der Waals surface area contributed by atoms with Crippen LogP contribution in [0.25, 0.3) is 0 Å². The molecule has 4 heteroatoms. The lowest BCUT2D eigenvalue weighted by Gasteiger charge is -2.33. The molecule has 0 aromatic carbocycles. The minimum absolute atomic E-state index is 0.316. The van der Waals surface area contributed by atoms with Gasteiger partial charge in [-0.2, -0.15) is 5.26 Å². The van der Waals surface area contributed by atoms with Crippen LogP contribution in [0.3, 0.4) is 0 Å². The molecule has 0 bridgehead atoms. The highest BCUT2D eigenvalue weighted by molar-refractivity contribution is 5.42. The fourth-order valence-electron chi connectivity index (χ4n) is 2.21. The number of ether oxygens (including phenoxy) is 1. The molecule has 1 aromatic heterocycles. The third-order valence-electron chi connectivity index (χ3n) is 3.14. The van der Waals surface area contributed by atoms with Gasteiger partial charge in [-0.1, -0.05) is 6.92 Å². The van der Waals surface area contributed by atoms with Gasteiger partial charge >= 0.3 is 0 Å². The zero-order valence-electron chi connectivity index (χ0n) is 10.8. The first kappa shape index (κ1) is 12.8. The molecule has 1 aliphatic rings. The number of hydrogen-bond donors (Lipinski definition) is 0. The topological polar surface area (TPSA) is 49.1 Å². The van der Waals surface area contributed by atoms with Crippen LogP contribution in [0.1, 0.15) is 31.7 Å². The number of piperidine rings is 1. The summed E-state index contributed by atoms with van der Waals surface area (Å²) in [7, 11) is 0. The fourth-order valence-corrected chi connectivity index (χ4v) is 2.21. The Balaban J connectivity index is 1.97. The Morgan fingerprint density at radius 2 is 2.44 bits per heavy atom. The molecule has 1 unspecified atom stereocenters. The summed E-state index contributed by atoms with van der Waals surface area (Å²) in [6, 6.07) is 5.82. The SMILES string of the molecule is CCCOC1CCCN(c2ccc(C#N)cn2)C1. The zero-order valence-corrected chi connectivity index (χ0v) is 10.8. The van der Waals surface area contributed by atoms with Gasteiger partial charge in [-0.3, -0.25) is 0 Å². The zero-order chi connectivity index (χ0) is 12.8. The smallest absolute Gasteiger partial charge is 0.128 e. The fraction of sp³-hybridized carbons (Fsp3) is 0.571. The summed E-state index contributed by atoms with van der Waals surface area (Å²) < 4.78 is 5.81.